The summed E-state index contributed by atoms with van der Waals surface area (Å²) in [5.41, 5.74) is 0. The van der Waals surface area contributed by atoms with E-state index in [0.717, 1.165) is 32.1 Å². The molecule has 0 aromatic rings. The first kappa shape index (κ1) is 13.6. The maximum Gasteiger partial charge on any atom is 0.236 e. The highest BCUT2D eigenvalue weighted by Crippen LogP contribution is 2.38. The van der Waals surface area contributed by atoms with Crippen LogP contribution >= 0.6 is 0 Å². The number of nitrogens with one attached hydrogen (secondary N) is 1. The second-order valence-corrected chi connectivity index (χ2v) is 6.66. The van der Waals surface area contributed by atoms with Crippen LogP contribution in [0.15, 0.2) is 0 Å². The summed E-state index contributed by atoms with van der Waals surface area (Å²) < 4.78 is 14.1. The third-order valence-corrected chi connectivity index (χ3v) is 4.83. The number of hydrogen-bond donors (Lipinski definition) is 1. The first-order valence-electron chi connectivity index (χ1n) is 6.91. The van der Waals surface area contributed by atoms with E-state index in [-0.39, 0.29) is 23.0 Å². The minimum absolute atomic E-state index is 0.00799. The maximum absolute atomic E-state index is 11.7. The Morgan fingerprint density at radius 1 is 1.39 bits per heavy atom. The molecule has 0 spiro atoms. The van der Waals surface area contributed by atoms with Crippen molar-refractivity contribution in [3.05, 3.63) is 0 Å². The molecule has 2 aliphatic rings. The maximum atomic E-state index is 11.7. The second-order valence-electron chi connectivity index (χ2n) is 5.19. The van der Waals surface area contributed by atoms with Crippen LogP contribution in [-0.4, -0.2) is 15.4 Å². The Morgan fingerprint density at radius 2 is 2.17 bits per heavy atom. The van der Waals surface area contributed by atoms with Crippen molar-refractivity contribution < 1.29 is 9.00 Å². The molecule has 0 radical (unpaired) electrons. The summed E-state index contributed by atoms with van der Waals surface area (Å²) in [7, 11) is -1.14. The average molecular weight is 267 g/mol. The minimum Gasteiger partial charge on any atom is -0.275 e. The Morgan fingerprint density at radius 3 is 2.83 bits per heavy atom. The van der Waals surface area contributed by atoms with Gasteiger partial charge in [-0.25, -0.2) is 4.21 Å². The molecule has 3 unspecified atom stereocenters. The van der Waals surface area contributed by atoms with E-state index in [2.05, 4.69) is 23.5 Å². The van der Waals surface area contributed by atoms with Gasteiger partial charge in [0.15, 0.2) is 0 Å². The van der Waals surface area contributed by atoms with Crippen molar-refractivity contribution in [1.82, 2.24) is 4.72 Å². The van der Waals surface area contributed by atoms with Crippen LogP contribution in [0, 0.1) is 23.7 Å². The van der Waals surface area contributed by atoms with Gasteiger partial charge in [-0.15, -0.1) is 5.92 Å². The molecule has 0 aromatic carbocycles. The molecule has 0 saturated heterocycles. The Labute approximate surface area is 112 Å². The number of carbonyl (C=O) groups is 1. The predicted molar refractivity (Wildman–Crippen MR) is 72.8 cm³/mol. The van der Waals surface area contributed by atoms with Crippen LogP contribution in [0.25, 0.3) is 0 Å². The summed E-state index contributed by atoms with van der Waals surface area (Å²) >= 11 is 0. The molecule has 0 aliphatic heterocycles. The van der Waals surface area contributed by atoms with Crippen molar-refractivity contribution in [1.29, 1.82) is 0 Å². The topological polar surface area (TPSA) is 46.2 Å². The molecule has 4 heteroatoms. The van der Waals surface area contributed by atoms with Crippen LogP contribution in [-0.2, 0) is 15.8 Å². The highest BCUT2D eigenvalue weighted by atomic mass is 32.2. The number of unbranched alkanes of at least 4 members (excludes halogenated alkanes) is 3. The van der Waals surface area contributed by atoms with Gasteiger partial charge in [-0.05, 0) is 25.7 Å². The fourth-order valence-corrected chi connectivity index (χ4v) is 2.93. The quantitative estimate of drug-likeness (QED) is 0.592. The summed E-state index contributed by atoms with van der Waals surface area (Å²) in [5, 5.41) is 0.214. The zero-order valence-corrected chi connectivity index (χ0v) is 11.7. The zero-order chi connectivity index (χ0) is 13.0. The van der Waals surface area contributed by atoms with Crippen molar-refractivity contribution in [2.24, 2.45) is 11.8 Å². The van der Waals surface area contributed by atoms with E-state index in [9.17, 15) is 9.00 Å². The summed E-state index contributed by atoms with van der Waals surface area (Å²) in [6.07, 6.45) is 7.34. The van der Waals surface area contributed by atoms with Crippen LogP contribution in [0.1, 0.15) is 51.9 Å². The standard InChI is InChI=1S/C14H21NO2S/c1-2-3-4-5-6-7-11-10-13(11)14(16)15-18(17)12-8-9-12/h11-13H,2-5,8-10H2,1H3,(H,15,16). The van der Waals surface area contributed by atoms with E-state index in [0.29, 0.717) is 0 Å². The minimum atomic E-state index is -1.14. The van der Waals surface area contributed by atoms with E-state index >= 15 is 0 Å². The van der Waals surface area contributed by atoms with Gasteiger partial charge in [0.05, 0.1) is 11.2 Å². The van der Waals surface area contributed by atoms with Crippen LogP contribution in [0.5, 0.6) is 0 Å². The molecule has 3 atom stereocenters. The summed E-state index contributed by atoms with van der Waals surface area (Å²) in [5.74, 6) is 6.45. The van der Waals surface area contributed by atoms with Crippen molar-refractivity contribution in [2.75, 3.05) is 0 Å². The zero-order valence-electron chi connectivity index (χ0n) is 10.9. The van der Waals surface area contributed by atoms with Crippen LogP contribution in [0.4, 0.5) is 0 Å². The predicted octanol–water partition coefficient (Wildman–Crippen LogP) is 2.15. The Hall–Kier alpha value is -0.820. The number of carbonyl (C=O) groups excluding carboxylic acids is 1. The average Bonchev–Trinajstić information content (AvgIpc) is 3.22. The van der Waals surface area contributed by atoms with Crippen molar-refractivity contribution in [3.8, 4) is 11.8 Å². The molecule has 0 aromatic heterocycles. The van der Waals surface area contributed by atoms with Gasteiger partial charge in [-0.1, -0.05) is 25.7 Å². The van der Waals surface area contributed by atoms with Crippen LogP contribution in [0.3, 0.4) is 0 Å². The fraction of sp³-hybridized carbons (Fsp3) is 0.786. The molecule has 100 valence electrons. The first-order valence-corrected chi connectivity index (χ1v) is 8.13. The molecule has 1 amide bonds. The Balaban J connectivity index is 1.63. The van der Waals surface area contributed by atoms with E-state index in [1.807, 2.05) is 0 Å². The summed E-state index contributed by atoms with van der Waals surface area (Å²) in [4.78, 5) is 11.7. The van der Waals surface area contributed by atoms with Crippen molar-refractivity contribution in [3.63, 3.8) is 0 Å². The van der Waals surface area contributed by atoms with E-state index in [4.69, 9.17) is 0 Å². The lowest BCUT2D eigenvalue weighted by Gasteiger charge is -2.01. The molecule has 0 heterocycles. The summed E-state index contributed by atoms with van der Waals surface area (Å²) in [6.45, 7) is 2.18. The third-order valence-electron chi connectivity index (χ3n) is 3.35. The largest absolute Gasteiger partial charge is 0.275 e. The molecule has 18 heavy (non-hydrogen) atoms. The van der Waals surface area contributed by atoms with Crippen LogP contribution < -0.4 is 4.72 Å². The lowest BCUT2D eigenvalue weighted by Crippen LogP contribution is -2.29. The molecule has 2 fully saturated rings. The third kappa shape index (κ3) is 4.13. The van der Waals surface area contributed by atoms with Crippen molar-refractivity contribution >= 4 is 16.9 Å². The number of amides is 1. The van der Waals surface area contributed by atoms with Gasteiger partial charge in [0.2, 0.25) is 5.91 Å². The molecule has 0 bridgehead atoms. The Kier molecular flexibility index (Phi) is 4.82. The van der Waals surface area contributed by atoms with E-state index in [1.54, 1.807) is 0 Å². The van der Waals surface area contributed by atoms with Gasteiger partial charge < -0.3 is 0 Å². The lowest BCUT2D eigenvalue weighted by atomic mass is 10.2. The highest BCUT2D eigenvalue weighted by Gasteiger charge is 2.43. The van der Waals surface area contributed by atoms with E-state index < -0.39 is 11.0 Å². The van der Waals surface area contributed by atoms with Gasteiger partial charge in [-0.2, -0.15) is 0 Å². The van der Waals surface area contributed by atoms with Crippen LogP contribution in [0.2, 0.25) is 0 Å². The SMILES string of the molecule is CCCCCC#CC1CC1C(=O)NS(=O)C1CC1. The smallest absolute Gasteiger partial charge is 0.236 e. The van der Waals surface area contributed by atoms with Gasteiger partial charge in [0, 0.05) is 12.3 Å². The fourth-order valence-electron chi connectivity index (χ4n) is 1.85. The molecule has 2 rings (SSSR count). The van der Waals surface area contributed by atoms with Gasteiger partial charge in [-0.3, -0.25) is 9.52 Å². The van der Waals surface area contributed by atoms with Gasteiger partial charge >= 0.3 is 0 Å². The second kappa shape index (κ2) is 6.38. The van der Waals surface area contributed by atoms with Gasteiger partial charge in [0.1, 0.15) is 11.0 Å². The molecule has 1 N–H and O–H groups in total. The first-order chi connectivity index (χ1) is 8.72. The normalized spacial score (nSPS) is 26.9. The molecule has 3 nitrogen and oxygen atoms in total. The molecule has 2 aliphatic carbocycles. The monoisotopic (exact) mass is 267 g/mol. The van der Waals surface area contributed by atoms with E-state index in [1.165, 1.54) is 12.8 Å². The number of rotatable bonds is 6. The molecular weight excluding hydrogens is 246 g/mol. The number of hydrogen-bond acceptors (Lipinski definition) is 2. The Bertz CT molecular complexity index is 392. The molecule has 2 saturated carbocycles. The summed E-state index contributed by atoms with van der Waals surface area (Å²) in [6, 6.07) is 0. The van der Waals surface area contributed by atoms with Crippen molar-refractivity contribution in [2.45, 2.75) is 57.1 Å². The lowest BCUT2D eigenvalue weighted by molar-refractivity contribution is -0.120. The highest BCUT2D eigenvalue weighted by molar-refractivity contribution is 7.84. The van der Waals surface area contributed by atoms with Gasteiger partial charge in [0.25, 0.3) is 0 Å². The molecular formula is C14H21NO2S.